The van der Waals surface area contributed by atoms with Crippen LogP contribution >= 0.6 is 12.4 Å². The molecule has 28 heavy (non-hydrogen) atoms. The van der Waals surface area contributed by atoms with Crippen LogP contribution in [0.1, 0.15) is 0 Å². The van der Waals surface area contributed by atoms with Crippen molar-refractivity contribution in [3.05, 3.63) is 78.9 Å². The van der Waals surface area contributed by atoms with Gasteiger partial charge in [-0.15, -0.1) is 12.4 Å². The molecule has 0 aliphatic heterocycles. The van der Waals surface area contributed by atoms with E-state index < -0.39 is 0 Å². The summed E-state index contributed by atoms with van der Waals surface area (Å²) >= 11 is 0. The van der Waals surface area contributed by atoms with Crippen molar-refractivity contribution in [3.8, 4) is 11.5 Å². The molecule has 0 bridgehead atoms. The predicted molar refractivity (Wildman–Crippen MR) is 117 cm³/mol. The van der Waals surface area contributed by atoms with Crippen LogP contribution in [0.5, 0.6) is 11.5 Å². The van der Waals surface area contributed by atoms with Gasteiger partial charge in [-0.3, -0.25) is 0 Å². The minimum absolute atomic E-state index is 0. The first-order chi connectivity index (χ1) is 13.1. The van der Waals surface area contributed by atoms with Gasteiger partial charge in [-0.2, -0.15) is 0 Å². The highest BCUT2D eigenvalue weighted by molar-refractivity contribution is 5.94. The molecular formula is C20H21ClN6O. The molecule has 3 rings (SSSR count). The number of para-hydroxylation sites is 1. The third kappa shape index (κ3) is 6.22. The summed E-state index contributed by atoms with van der Waals surface area (Å²) in [6, 6.07) is 24.0. The molecule has 8 heteroatoms. The fraction of sp³-hybridized carbons (Fsp3) is 0. The Morgan fingerprint density at radius 1 is 0.714 bits per heavy atom. The van der Waals surface area contributed by atoms with Crippen molar-refractivity contribution in [1.82, 2.24) is 0 Å². The first-order valence-electron chi connectivity index (χ1n) is 8.22. The van der Waals surface area contributed by atoms with E-state index in [4.69, 9.17) is 21.9 Å². The molecule has 0 saturated carbocycles. The van der Waals surface area contributed by atoms with Crippen LogP contribution in [-0.4, -0.2) is 11.9 Å². The Kier molecular flexibility index (Phi) is 7.24. The number of hydrogen-bond acceptors (Lipinski definition) is 3. The minimum atomic E-state index is 0. The molecule has 7 nitrogen and oxygen atoms in total. The second-order valence-corrected chi connectivity index (χ2v) is 5.62. The Bertz CT molecular complexity index is 954. The number of anilines is 1. The molecule has 0 spiro atoms. The molecule has 144 valence electrons. The van der Waals surface area contributed by atoms with Gasteiger partial charge in [-0.1, -0.05) is 24.3 Å². The summed E-state index contributed by atoms with van der Waals surface area (Å²) in [4.78, 5) is 8.28. The lowest BCUT2D eigenvalue weighted by molar-refractivity contribution is 0.483. The minimum Gasteiger partial charge on any atom is -0.457 e. The molecule has 0 aliphatic rings. The second-order valence-electron chi connectivity index (χ2n) is 5.62. The number of guanidine groups is 2. The molecule has 0 saturated heterocycles. The van der Waals surface area contributed by atoms with E-state index in [0.29, 0.717) is 23.1 Å². The molecule has 0 aliphatic carbocycles. The van der Waals surface area contributed by atoms with E-state index in [9.17, 15) is 0 Å². The lowest BCUT2D eigenvalue weighted by Crippen LogP contribution is -2.21. The zero-order valence-corrected chi connectivity index (χ0v) is 15.8. The Morgan fingerprint density at radius 2 is 1.39 bits per heavy atom. The van der Waals surface area contributed by atoms with Crippen LogP contribution < -0.4 is 27.3 Å². The molecule has 0 fully saturated rings. The summed E-state index contributed by atoms with van der Waals surface area (Å²) in [6.07, 6.45) is 0. The molecule has 3 aromatic rings. The van der Waals surface area contributed by atoms with Crippen molar-refractivity contribution < 1.29 is 4.74 Å². The SMILES string of the molecule is Cl.NC(N)=Nc1ccc(Oc2cccc(NC(N)=Nc3ccccc3)c2)cc1. The summed E-state index contributed by atoms with van der Waals surface area (Å²) in [6.45, 7) is 0. The fourth-order valence-electron chi connectivity index (χ4n) is 2.33. The molecule has 7 N–H and O–H groups in total. The number of ether oxygens (including phenoxy) is 1. The average molecular weight is 397 g/mol. The van der Waals surface area contributed by atoms with Gasteiger partial charge >= 0.3 is 0 Å². The van der Waals surface area contributed by atoms with Gasteiger partial charge in [-0.25, -0.2) is 9.98 Å². The van der Waals surface area contributed by atoms with Gasteiger partial charge in [0.05, 0.1) is 11.4 Å². The Balaban J connectivity index is 0.00000280. The zero-order chi connectivity index (χ0) is 19.1. The number of nitrogens with one attached hydrogen (secondary N) is 1. The lowest BCUT2D eigenvalue weighted by Gasteiger charge is -2.09. The maximum absolute atomic E-state index is 5.96. The van der Waals surface area contributed by atoms with E-state index in [-0.39, 0.29) is 18.4 Å². The molecule has 0 unspecified atom stereocenters. The molecule has 0 atom stereocenters. The third-order valence-electron chi connectivity index (χ3n) is 3.44. The quantitative estimate of drug-likeness (QED) is 0.385. The number of hydrogen-bond donors (Lipinski definition) is 4. The summed E-state index contributed by atoms with van der Waals surface area (Å²) in [5.74, 6) is 1.62. The van der Waals surface area contributed by atoms with Crippen LogP contribution in [-0.2, 0) is 0 Å². The Morgan fingerprint density at radius 3 is 2.07 bits per heavy atom. The summed E-state index contributed by atoms with van der Waals surface area (Å²) in [5, 5.41) is 3.05. The first kappa shape index (κ1) is 20.6. The fourth-order valence-corrected chi connectivity index (χ4v) is 2.33. The van der Waals surface area contributed by atoms with Gasteiger partial charge in [0.15, 0.2) is 11.9 Å². The van der Waals surface area contributed by atoms with Crippen molar-refractivity contribution in [2.45, 2.75) is 0 Å². The van der Waals surface area contributed by atoms with Crippen LogP contribution in [0, 0.1) is 0 Å². The van der Waals surface area contributed by atoms with Crippen LogP contribution in [0.25, 0.3) is 0 Å². The van der Waals surface area contributed by atoms with E-state index >= 15 is 0 Å². The van der Waals surface area contributed by atoms with Gasteiger partial charge in [0.1, 0.15) is 11.5 Å². The van der Waals surface area contributed by atoms with E-state index in [0.717, 1.165) is 11.4 Å². The highest BCUT2D eigenvalue weighted by atomic mass is 35.5. The number of aliphatic imine (C=N–C) groups is 2. The van der Waals surface area contributed by atoms with Gasteiger partial charge in [0.25, 0.3) is 0 Å². The third-order valence-corrected chi connectivity index (χ3v) is 3.44. The summed E-state index contributed by atoms with van der Waals surface area (Å²) in [5.41, 5.74) is 18.9. The van der Waals surface area contributed by atoms with Crippen molar-refractivity contribution in [2.75, 3.05) is 5.32 Å². The van der Waals surface area contributed by atoms with Crippen molar-refractivity contribution in [3.63, 3.8) is 0 Å². The molecular weight excluding hydrogens is 376 g/mol. The Labute approximate surface area is 169 Å². The second kappa shape index (κ2) is 9.84. The highest BCUT2D eigenvalue weighted by Crippen LogP contribution is 2.26. The van der Waals surface area contributed by atoms with E-state index in [1.165, 1.54) is 0 Å². The first-order valence-corrected chi connectivity index (χ1v) is 8.22. The number of rotatable bonds is 5. The van der Waals surface area contributed by atoms with Crippen molar-refractivity contribution >= 4 is 41.4 Å². The maximum Gasteiger partial charge on any atom is 0.198 e. The van der Waals surface area contributed by atoms with Crippen molar-refractivity contribution in [2.24, 2.45) is 27.2 Å². The van der Waals surface area contributed by atoms with E-state index in [1.54, 1.807) is 24.3 Å². The van der Waals surface area contributed by atoms with Crippen molar-refractivity contribution in [1.29, 1.82) is 0 Å². The standard InChI is InChI=1S/C20H20N6O.ClH/c21-19(22)24-15-9-11-17(12-10-15)27-18-8-4-7-16(13-18)26-20(23)25-14-5-2-1-3-6-14;/h1-13H,(H4,21,22,24)(H3,23,25,26);1H. The monoisotopic (exact) mass is 396 g/mol. The van der Waals surface area contributed by atoms with Gasteiger partial charge in [-0.05, 0) is 48.5 Å². The van der Waals surface area contributed by atoms with Crippen LogP contribution in [0.3, 0.4) is 0 Å². The van der Waals surface area contributed by atoms with Gasteiger partial charge in [0, 0.05) is 11.8 Å². The largest absolute Gasteiger partial charge is 0.457 e. The van der Waals surface area contributed by atoms with Crippen LogP contribution in [0.2, 0.25) is 0 Å². The van der Waals surface area contributed by atoms with Crippen LogP contribution in [0.15, 0.2) is 88.8 Å². The van der Waals surface area contributed by atoms with E-state index in [2.05, 4.69) is 15.3 Å². The van der Waals surface area contributed by atoms with E-state index in [1.807, 2.05) is 54.6 Å². The predicted octanol–water partition coefficient (Wildman–Crippen LogP) is 3.86. The van der Waals surface area contributed by atoms with Gasteiger partial charge in [0.2, 0.25) is 0 Å². The Hall–Kier alpha value is -3.71. The number of nitrogens with two attached hydrogens (primary N) is 3. The molecule has 3 aromatic carbocycles. The van der Waals surface area contributed by atoms with Gasteiger partial charge < -0.3 is 27.3 Å². The zero-order valence-electron chi connectivity index (χ0n) is 14.9. The summed E-state index contributed by atoms with van der Waals surface area (Å²) < 4.78 is 5.85. The smallest absolute Gasteiger partial charge is 0.198 e. The highest BCUT2D eigenvalue weighted by Gasteiger charge is 2.01. The molecule has 0 heterocycles. The number of halogens is 1. The molecule has 0 amide bonds. The topological polar surface area (TPSA) is 124 Å². The number of benzene rings is 3. The summed E-state index contributed by atoms with van der Waals surface area (Å²) in [7, 11) is 0. The number of nitrogens with zero attached hydrogens (tertiary/aromatic N) is 2. The molecule has 0 aromatic heterocycles. The average Bonchev–Trinajstić information content (AvgIpc) is 2.64. The lowest BCUT2D eigenvalue weighted by atomic mass is 10.3. The maximum atomic E-state index is 5.96. The normalized spacial score (nSPS) is 10.5. The van der Waals surface area contributed by atoms with Crippen LogP contribution in [0.4, 0.5) is 17.1 Å². The molecule has 0 radical (unpaired) electrons.